The molecule has 1 heterocycles. The van der Waals surface area contributed by atoms with E-state index >= 15 is 0 Å². The van der Waals surface area contributed by atoms with Gasteiger partial charge in [0.15, 0.2) is 0 Å². The van der Waals surface area contributed by atoms with E-state index in [0.717, 1.165) is 5.69 Å². The number of rotatable bonds is 6. The number of anilines is 2. The average molecular weight is 307 g/mol. The van der Waals surface area contributed by atoms with Gasteiger partial charge in [-0.05, 0) is 18.2 Å². The fourth-order valence-corrected chi connectivity index (χ4v) is 1.77. The molecule has 2 rings (SSSR count). The first-order valence-electron chi connectivity index (χ1n) is 6.31. The molecular formula is C14H15ClN4O2. The lowest BCUT2D eigenvalue weighted by Crippen LogP contribution is -2.27. The quantitative estimate of drug-likeness (QED) is 0.801. The fraction of sp³-hybridized carbons (Fsp3) is 0.214. The summed E-state index contributed by atoms with van der Waals surface area (Å²) in [5.41, 5.74) is 1.05. The molecule has 0 spiro atoms. The number of nitrogens with one attached hydrogen (secondary N) is 2. The zero-order valence-corrected chi connectivity index (χ0v) is 12.2. The topological polar surface area (TPSA) is 76.1 Å². The van der Waals surface area contributed by atoms with Gasteiger partial charge in [-0.25, -0.2) is 9.97 Å². The Bertz CT molecular complexity index is 604. The molecule has 0 aliphatic carbocycles. The summed E-state index contributed by atoms with van der Waals surface area (Å²) >= 11 is 5.90. The second kappa shape index (κ2) is 7.56. The normalized spacial score (nSPS) is 10.2. The summed E-state index contributed by atoms with van der Waals surface area (Å²) in [7, 11) is 1.57. The van der Waals surface area contributed by atoms with Gasteiger partial charge in [-0.1, -0.05) is 17.7 Å². The van der Waals surface area contributed by atoms with E-state index in [1.165, 1.54) is 12.4 Å². The summed E-state index contributed by atoms with van der Waals surface area (Å²) in [4.78, 5) is 19.9. The molecule has 0 saturated heterocycles. The second-order valence-corrected chi connectivity index (χ2v) is 4.61. The Kier molecular flexibility index (Phi) is 5.48. The van der Waals surface area contributed by atoms with Gasteiger partial charge in [-0.3, -0.25) is 4.79 Å². The molecule has 0 bridgehead atoms. The largest absolute Gasteiger partial charge is 0.383 e. The third-order valence-electron chi connectivity index (χ3n) is 2.57. The SMILES string of the molecule is COCCNC(=O)c1cnc(Nc2cccc(Cl)c2)cn1. The van der Waals surface area contributed by atoms with Crippen LogP contribution in [-0.2, 0) is 4.74 Å². The molecule has 0 saturated carbocycles. The first-order chi connectivity index (χ1) is 10.2. The number of hydrogen-bond acceptors (Lipinski definition) is 5. The Labute approximate surface area is 127 Å². The van der Waals surface area contributed by atoms with E-state index in [-0.39, 0.29) is 11.6 Å². The second-order valence-electron chi connectivity index (χ2n) is 4.17. The first-order valence-corrected chi connectivity index (χ1v) is 6.68. The number of benzene rings is 1. The number of halogens is 1. The molecule has 1 aromatic heterocycles. The van der Waals surface area contributed by atoms with Crippen molar-refractivity contribution in [2.75, 3.05) is 25.6 Å². The lowest BCUT2D eigenvalue weighted by atomic mass is 10.3. The Morgan fingerprint density at radius 3 is 2.86 bits per heavy atom. The van der Waals surface area contributed by atoms with E-state index in [2.05, 4.69) is 20.6 Å². The highest BCUT2D eigenvalue weighted by Crippen LogP contribution is 2.18. The minimum atomic E-state index is -0.283. The number of nitrogens with zero attached hydrogens (tertiary/aromatic N) is 2. The summed E-state index contributed by atoms with van der Waals surface area (Å²) in [6.07, 6.45) is 2.90. The zero-order valence-electron chi connectivity index (χ0n) is 11.5. The number of carbonyl (C=O) groups excluding carboxylic acids is 1. The minimum absolute atomic E-state index is 0.253. The highest BCUT2D eigenvalue weighted by atomic mass is 35.5. The zero-order chi connectivity index (χ0) is 15.1. The van der Waals surface area contributed by atoms with Gasteiger partial charge < -0.3 is 15.4 Å². The highest BCUT2D eigenvalue weighted by molar-refractivity contribution is 6.30. The van der Waals surface area contributed by atoms with Crippen molar-refractivity contribution in [1.29, 1.82) is 0 Å². The maximum absolute atomic E-state index is 11.7. The first kappa shape index (κ1) is 15.2. The molecule has 7 heteroatoms. The van der Waals surface area contributed by atoms with Crippen LogP contribution in [0.3, 0.4) is 0 Å². The van der Waals surface area contributed by atoms with Crippen LogP contribution in [0.25, 0.3) is 0 Å². The summed E-state index contributed by atoms with van der Waals surface area (Å²) in [5.74, 6) is 0.250. The summed E-state index contributed by atoms with van der Waals surface area (Å²) in [5, 5.41) is 6.35. The molecule has 0 aliphatic rings. The molecule has 110 valence electrons. The molecule has 0 atom stereocenters. The van der Waals surface area contributed by atoms with Gasteiger partial charge in [0.2, 0.25) is 0 Å². The lowest BCUT2D eigenvalue weighted by Gasteiger charge is -2.07. The van der Waals surface area contributed by atoms with E-state index in [4.69, 9.17) is 16.3 Å². The van der Waals surface area contributed by atoms with Crippen LogP contribution in [0.15, 0.2) is 36.7 Å². The third-order valence-corrected chi connectivity index (χ3v) is 2.81. The molecule has 0 aliphatic heterocycles. The van der Waals surface area contributed by atoms with Crippen LogP contribution in [0.4, 0.5) is 11.5 Å². The van der Waals surface area contributed by atoms with Gasteiger partial charge >= 0.3 is 0 Å². The monoisotopic (exact) mass is 306 g/mol. The summed E-state index contributed by atoms with van der Waals surface area (Å²) in [6.45, 7) is 0.882. The number of aromatic nitrogens is 2. The van der Waals surface area contributed by atoms with Crippen molar-refractivity contribution in [3.05, 3.63) is 47.4 Å². The van der Waals surface area contributed by atoms with Crippen LogP contribution < -0.4 is 10.6 Å². The van der Waals surface area contributed by atoms with Gasteiger partial charge in [0, 0.05) is 24.4 Å². The van der Waals surface area contributed by atoms with Gasteiger partial charge in [0.25, 0.3) is 5.91 Å². The average Bonchev–Trinajstić information content (AvgIpc) is 2.48. The molecule has 6 nitrogen and oxygen atoms in total. The van der Waals surface area contributed by atoms with Crippen molar-refractivity contribution >= 4 is 29.0 Å². The summed E-state index contributed by atoms with van der Waals surface area (Å²) < 4.78 is 4.85. The van der Waals surface area contributed by atoms with Crippen molar-refractivity contribution in [2.45, 2.75) is 0 Å². The Morgan fingerprint density at radius 1 is 1.33 bits per heavy atom. The van der Waals surface area contributed by atoms with Crippen LogP contribution in [0.2, 0.25) is 5.02 Å². The molecule has 0 radical (unpaired) electrons. The number of ether oxygens (including phenoxy) is 1. The third kappa shape index (κ3) is 4.70. The molecule has 2 N–H and O–H groups in total. The van der Waals surface area contributed by atoms with Gasteiger partial charge in [-0.15, -0.1) is 0 Å². The standard InChI is InChI=1S/C14H15ClN4O2/c1-21-6-5-16-14(20)12-8-18-13(9-17-12)19-11-4-2-3-10(15)7-11/h2-4,7-9H,5-6H2,1H3,(H,16,20)(H,18,19). The van der Waals surface area contributed by atoms with Crippen LogP contribution in [0.5, 0.6) is 0 Å². The maximum Gasteiger partial charge on any atom is 0.271 e. The van der Waals surface area contributed by atoms with Crippen LogP contribution in [0, 0.1) is 0 Å². The number of methoxy groups -OCH3 is 1. The Morgan fingerprint density at radius 2 is 2.19 bits per heavy atom. The summed E-state index contributed by atoms with van der Waals surface area (Å²) in [6, 6.07) is 7.25. The maximum atomic E-state index is 11.7. The molecule has 1 aromatic carbocycles. The van der Waals surface area contributed by atoms with Crippen LogP contribution >= 0.6 is 11.6 Å². The van der Waals surface area contributed by atoms with Gasteiger partial charge in [0.1, 0.15) is 11.5 Å². The minimum Gasteiger partial charge on any atom is -0.383 e. The van der Waals surface area contributed by atoms with E-state index in [9.17, 15) is 4.79 Å². The van der Waals surface area contributed by atoms with Crippen molar-refractivity contribution in [2.24, 2.45) is 0 Å². The lowest BCUT2D eigenvalue weighted by molar-refractivity contribution is 0.0932. The highest BCUT2D eigenvalue weighted by Gasteiger charge is 2.07. The van der Waals surface area contributed by atoms with E-state index in [1.54, 1.807) is 19.2 Å². The predicted octanol–water partition coefficient (Wildman–Crippen LogP) is 2.25. The Balaban J connectivity index is 1.97. The van der Waals surface area contributed by atoms with Crippen LogP contribution in [0.1, 0.15) is 10.5 Å². The molecule has 0 unspecified atom stereocenters. The van der Waals surface area contributed by atoms with Crippen molar-refractivity contribution in [1.82, 2.24) is 15.3 Å². The number of hydrogen-bond donors (Lipinski definition) is 2. The molecule has 1 amide bonds. The van der Waals surface area contributed by atoms with E-state index in [1.807, 2.05) is 12.1 Å². The smallest absolute Gasteiger partial charge is 0.271 e. The predicted molar refractivity (Wildman–Crippen MR) is 81.0 cm³/mol. The van der Waals surface area contributed by atoms with Gasteiger partial charge in [0.05, 0.1) is 19.0 Å². The van der Waals surface area contributed by atoms with E-state index < -0.39 is 0 Å². The molecule has 2 aromatic rings. The van der Waals surface area contributed by atoms with E-state index in [0.29, 0.717) is 24.0 Å². The Hall–Kier alpha value is -2.18. The van der Waals surface area contributed by atoms with Crippen LogP contribution in [-0.4, -0.2) is 36.1 Å². The van der Waals surface area contributed by atoms with Crippen molar-refractivity contribution in [3.63, 3.8) is 0 Å². The molecule has 21 heavy (non-hydrogen) atoms. The number of amides is 1. The van der Waals surface area contributed by atoms with Crippen molar-refractivity contribution in [3.8, 4) is 0 Å². The fourth-order valence-electron chi connectivity index (χ4n) is 1.58. The van der Waals surface area contributed by atoms with Crippen molar-refractivity contribution < 1.29 is 9.53 Å². The van der Waals surface area contributed by atoms with Gasteiger partial charge in [-0.2, -0.15) is 0 Å². The molecular weight excluding hydrogens is 292 g/mol. The molecule has 0 fully saturated rings. The number of carbonyl (C=O) groups is 1.